The first-order valence-electron chi connectivity index (χ1n) is 5.71. The second-order valence-electron chi connectivity index (χ2n) is 4.13. The van der Waals surface area contributed by atoms with E-state index < -0.39 is 10.0 Å². The maximum atomic E-state index is 12.3. The van der Waals surface area contributed by atoms with E-state index in [1.807, 2.05) is 0 Å². The lowest BCUT2D eigenvalue weighted by Crippen LogP contribution is -2.35. The Bertz CT molecular complexity index is 464. The van der Waals surface area contributed by atoms with Crippen LogP contribution >= 0.6 is 0 Å². The minimum Gasteiger partial charge on any atom is -0.324 e. The zero-order valence-electron chi connectivity index (χ0n) is 9.59. The van der Waals surface area contributed by atoms with Gasteiger partial charge in [0, 0.05) is 18.8 Å². The molecule has 1 saturated heterocycles. The minimum absolute atomic E-state index is 0.332. The molecule has 5 nitrogen and oxygen atoms in total. The molecule has 1 aliphatic rings. The molecule has 0 atom stereocenters. The van der Waals surface area contributed by atoms with Crippen molar-refractivity contribution in [3.8, 4) is 0 Å². The highest BCUT2D eigenvalue weighted by Gasteiger charge is 2.25. The topological polar surface area (TPSA) is 75.4 Å². The normalized spacial score (nSPS) is 17.9. The van der Waals surface area contributed by atoms with Gasteiger partial charge in [-0.2, -0.15) is 4.31 Å². The third-order valence-corrected chi connectivity index (χ3v) is 4.89. The highest BCUT2D eigenvalue weighted by molar-refractivity contribution is 7.89. The van der Waals surface area contributed by atoms with E-state index in [2.05, 4.69) is 5.43 Å². The van der Waals surface area contributed by atoms with Crippen LogP contribution in [-0.2, 0) is 10.0 Å². The van der Waals surface area contributed by atoms with Crippen LogP contribution in [-0.4, -0.2) is 25.8 Å². The van der Waals surface area contributed by atoms with Crippen molar-refractivity contribution in [3.05, 3.63) is 24.3 Å². The number of sulfonamides is 1. The molecule has 0 spiro atoms. The molecule has 2 rings (SSSR count). The van der Waals surface area contributed by atoms with Crippen LogP contribution in [0.15, 0.2) is 29.2 Å². The van der Waals surface area contributed by atoms with Gasteiger partial charge in [-0.1, -0.05) is 6.42 Å². The predicted molar refractivity (Wildman–Crippen MR) is 66.9 cm³/mol. The minimum atomic E-state index is -3.32. The highest BCUT2D eigenvalue weighted by Crippen LogP contribution is 2.21. The first kappa shape index (κ1) is 12.3. The van der Waals surface area contributed by atoms with Crippen LogP contribution in [0.2, 0.25) is 0 Å². The summed E-state index contributed by atoms with van der Waals surface area (Å²) in [5.41, 5.74) is 3.17. The van der Waals surface area contributed by atoms with Crippen molar-refractivity contribution in [1.82, 2.24) is 4.31 Å². The van der Waals surface area contributed by atoms with Crippen molar-refractivity contribution in [2.45, 2.75) is 24.2 Å². The van der Waals surface area contributed by atoms with Crippen molar-refractivity contribution in [2.75, 3.05) is 18.5 Å². The summed E-state index contributed by atoms with van der Waals surface area (Å²) in [6, 6.07) is 6.49. The fraction of sp³-hybridized carbons (Fsp3) is 0.455. The van der Waals surface area contributed by atoms with Crippen LogP contribution in [0.5, 0.6) is 0 Å². The number of rotatable bonds is 3. The molecule has 0 saturated carbocycles. The smallest absolute Gasteiger partial charge is 0.243 e. The van der Waals surface area contributed by atoms with Gasteiger partial charge in [0.25, 0.3) is 0 Å². The molecular formula is C11H17N3O2S. The van der Waals surface area contributed by atoms with Gasteiger partial charge in [-0.15, -0.1) is 0 Å². The number of piperidine rings is 1. The number of nitrogens with zero attached hydrogens (tertiary/aromatic N) is 1. The Morgan fingerprint density at radius 3 is 2.18 bits per heavy atom. The second-order valence-corrected chi connectivity index (χ2v) is 6.07. The lowest BCUT2D eigenvalue weighted by molar-refractivity contribution is 0.346. The van der Waals surface area contributed by atoms with Crippen molar-refractivity contribution in [2.24, 2.45) is 5.84 Å². The SMILES string of the molecule is NNc1ccc(S(=O)(=O)N2CCCCC2)cc1. The summed E-state index contributed by atoms with van der Waals surface area (Å²) in [4.78, 5) is 0.332. The van der Waals surface area contributed by atoms with Gasteiger partial charge in [0.1, 0.15) is 0 Å². The van der Waals surface area contributed by atoms with E-state index >= 15 is 0 Å². The number of nitrogens with two attached hydrogens (primary N) is 1. The maximum Gasteiger partial charge on any atom is 0.243 e. The fourth-order valence-corrected chi connectivity index (χ4v) is 3.49. The summed E-state index contributed by atoms with van der Waals surface area (Å²) in [5, 5.41) is 0. The molecular weight excluding hydrogens is 238 g/mol. The quantitative estimate of drug-likeness (QED) is 0.627. The molecule has 1 aromatic carbocycles. The van der Waals surface area contributed by atoms with Gasteiger partial charge in [-0.25, -0.2) is 8.42 Å². The molecule has 6 heteroatoms. The van der Waals surface area contributed by atoms with Crippen LogP contribution in [0.3, 0.4) is 0 Å². The molecule has 1 aromatic rings. The van der Waals surface area contributed by atoms with Crippen molar-refractivity contribution >= 4 is 15.7 Å². The highest BCUT2D eigenvalue weighted by atomic mass is 32.2. The summed E-state index contributed by atoms with van der Waals surface area (Å²) in [5.74, 6) is 5.24. The second kappa shape index (κ2) is 5.03. The van der Waals surface area contributed by atoms with E-state index in [1.54, 1.807) is 28.6 Å². The predicted octanol–water partition coefficient (Wildman–Crippen LogP) is 1.15. The van der Waals surface area contributed by atoms with E-state index in [4.69, 9.17) is 5.84 Å². The third kappa shape index (κ3) is 2.59. The number of hydrazine groups is 1. The van der Waals surface area contributed by atoms with Gasteiger partial charge < -0.3 is 5.43 Å². The van der Waals surface area contributed by atoms with Crippen LogP contribution in [0.25, 0.3) is 0 Å². The molecule has 17 heavy (non-hydrogen) atoms. The van der Waals surface area contributed by atoms with E-state index in [1.165, 1.54) is 0 Å². The molecule has 0 aliphatic carbocycles. The Labute approximate surface area is 102 Å². The van der Waals surface area contributed by atoms with Crippen molar-refractivity contribution < 1.29 is 8.42 Å². The molecule has 1 fully saturated rings. The molecule has 0 amide bonds. The number of nitrogen functional groups attached to an aromatic ring is 1. The average molecular weight is 255 g/mol. The number of hydrogen-bond acceptors (Lipinski definition) is 4. The van der Waals surface area contributed by atoms with Gasteiger partial charge in [0.05, 0.1) is 4.90 Å². The Morgan fingerprint density at radius 1 is 1.06 bits per heavy atom. The molecule has 94 valence electrons. The number of anilines is 1. The van der Waals surface area contributed by atoms with Crippen LogP contribution in [0, 0.1) is 0 Å². The summed E-state index contributed by atoms with van der Waals surface area (Å²) < 4.78 is 26.1. The van der Waals surface area contributed by atoms with Gasteiger partial charge in [0.15, 0.2) is 0 Å². The van der Waals surface area contributed by atoms with E-state index in [0.29, 0.717) is 23.7 Å². The van der Waals surface area contributed by atoms with Crippen LogP contribution in [0.4, 0.5) is 5.69 Å². The lowest BCUT2D eigenvalue weighted by Gasteiger charge is -2.25. The monoisotopic (exact) mass is 255 g/mol. The van der Waals surface area contributed by atoms with Crippen LogP contribution in [0.1, 0.15) is 19.3 Å². The number of benzene rings is 1. The van der Waals surface area contributed by atoms with Gasteiger partial charge in [-0.3, -0.25) is 5.84 Å². The third-order valence-electron chi connectivity index (χ3n) is 2.97. The van der Waals surface area contributed by atoms with E-state index in [9.17, 15) is 8.42 Å². The molecule has 0 radical (unpaired) electrons. The lowest BCUT2D eigenvalue weighted by atomic mass is 10.2. The first-order chi connectivity index (χ1) is 8.14. The molecule has 0 aromatic heterocycles. The standard InChI is InChI=1S/C11H17N3O2S/c12-13-10-4-6-11(7-5-10)17(15,16)14-8-2-1-3-9-14/h4-7,13H,1-3,8-9,12H2. The number of nitrogens with one attached hydrogen (secondary N) is 1. The van der Waals surface area contributed by atoms with Crippen molar-refractivity contribution in [3.63, 3.8) is 0 Å². The molecule has 1 aliphatic heterocycles. The Kier molecular flexibility index (Phi) is 3.66. The Hall–Kier alpha value is -1.11. The van der Waals surface area contributed by atoms with E-state index in [-0.39, 0.29) is 0 Å². The van der Waals surface area contributed by atoms with Gasteiger partial charge >= 0.3 is 0 Å². The molecule has 1 heterocycles. The fourth-order valence-electron chi connectivity index (χ4n) is 1.98. The average Bonchev–Trinajstić information content (AvgIpc) is 2.40. The van der Waals surface area contributed by atoms with Gasteiger partial charge in [0.2, 0.25) is 10.0 Å². The largest absolute Gasteiger partial charge is 0.324 e. The summed E-state index contributed by atoms with van der Waals surface area (Å²) in [7, 11) is -3.32. The molecule has 0 unspecified atom stereocenters. The maximum absolute atomic E-state index is 12.3. The Balaban J connectivity index is 2.23. The molecule has 3 N–H and O–H groups in total. The number of hydrogen-bond donors (Lipinski definition) is 2. The van der Waals surface area contributed by atoms with Crippen LogP contribution < -0.4 is 11.3 Å². The Morgan fingerprint density at radius 2 is 1.65 bits per heavy atom. The van der Waals surface area contributed by atoms with Crippen molar-refractivity contribution in [1.29, 1.82) is 0 Å². The first-order valence-corrected chi connectivity index (χ1v) is 7.15. The summed E-state index contributed by atoms with van der Waals surface area (Å²) in [6.45, 7) is 1.25. The summed E-state index contributed by atoms with van der Waals surface area (Å²) >= 11 is 0. The zero-order valence-corrected chi connectivity index (χ0v) is 10.4. The van der Waals surface area contributed by atoms with E-state index in [0.717, 1.165) is 19.3 Å². The summed E-state index contributed by atoms with van der Waals surface area (Å²) in [6.07, 6.45) is 3.01. The van der Waals surface area contributed by atoms with Gasteiger partial charge in [-0.05, 0) is 37.1 Å². The zero-order chi connectivity index (χ0) is 12.3. The molecule has 0 bridgehead atoms.